The van der Waals surface area contributed by atoms with Crippen LogP contribution in [0, 0.1) is 6.92 Å². The van der Waals surface area contributed by atoms with Crippen molar-refractivity contribution in [2.24, 2.45) is 0 Å². The lowest BCUT2D eigenvalue weighted by atomic mass is 10.0. The second kappa shape index (κ2) is 5.30. The van der Waals surface area contributed by atoms with Crippen molar-refractivity contribution in [3.05, 3.63) is 35.4 Å². The highest BCUT2D eigenvalue weighted by molar-refractivity contribution is 7.98. The molecule has 1 nitrogen and oxygen atoms in total. The highest BCUT2D eigenvalue weighted by Gasteiger charge is 2.08. The molecule has 1 unspecified atom stereocenters. The Labute approximate surface area is 84.2 Å². The van der Waals surface area contributed by atoms with Crippen LogP contribution in [0.2, 0.25) is 0 Å². The van der Waals surface area contributed by atoms with Gasteiger partial charge in [-0.3, -0.25) is 0 Å². The van der Waals surface area contributed by atoms with Gasteiger partial charge in [0.1, 0.15) is 0 Å². The summed E-state index contributed by atoms with van der Waals surface area (Å²) in [7, 11) is 0. The topological polar surface area (TPSA) is 20.2 Å². The molecule has 0 bridgehead atoms. The van der Waals surface area contributed by atoms with Crippen LogP contribution < -0.4 is 0 Å². The fraction of sp³-hybridized carbons (Fsp3) is 0.455. The first-order valence-electron chi connectivity index (χ1n) is 4.44. The standard InChI is InChI=1S/C11H16OS/c1-9-3-5-10(6-4-9)11(7-12)8-13-2/h3-6,11-12H,7-8H2,1-2H3. The van der Waals surface area contributed by atoms with E-state index in [4.69, 9.17) is 5.11 Å². The summed E-state index contributed by atoms with van der Waals surface area (Å²) < 4.78 is 0. The van der Waals surface area contributed by atoms with Crippen LogP contribution >= 0.6 is 11.8 Å². The number of hydrogen-bond donors (Lipinski definition) is 1. The minimum absolute atomic E-state index is 0.240. The molecule has 0 saturated heterocycles. The molecule has 1 aromatic rings. The van der Waals surface area contributed by atoms with Crippen molar-refractivity contribution >= 4 is 11.8 Å². The van der Waals surface area contributed by atoms with Crippen LogP contribution in [-0.2, 0) is 0 Å². The van der Waals surface area contributed by atoms with Gasteiger partial charge >= 0.3 is 0 Å². The molecule has 0 aliphatic rings. The molecular formula is C11H16OS. The van der Waals surface area contributed by atoms with Crippen LogP contribution in [0.1, 0.15) is 17.0 Å². The van der Waals surface area contributed by atoms with Gasteiger partial charge in [-0.2, -0.15) is 11.8 Å². The molecule has 0 heterocycles. The van der Waals surface area contributed by atoms with Gasteiger partial charge in [-0.25, -0.2) is 0 Å². The summed E-state index contributed by atoms with van der Waals surface area (Å²) in [6, 6.07) is 8.40. The highest BCUT2D eigenvalue weighted by Crippen LogP contribution is 2.19. The van der Waals surface area contributed by atoms with Crippen molar-refractivity contribution < 1.29 is 5.11 Å². The Balaban J connectivity index is 2.73. The van der Waals surface area contributed by atoms with E-state index in [-0.39, 0.29) is 12.5 Å². The lowest BCUT2D eigenvalue weighted by Gasteiger charge is -2.12. The van der Waals surface area contributed by atoms with Gasteiger partial charge in [0.05, 0.1) is 6.61 Å². The third kappa shape index (κ3) is 3.05. The molecule has 1 aromatic carbocycles. The number of aliphatic hydroxyl groups excluding tert-OH is 1. The first kappa shape index (κ1) is 10.6. The smallest absolute Gasteiger partial charge is 0.0507 e. The third-order valence-electron chi connectivity index (χ3n) is 2.14. The summed E-state index contributed by atoms with van der Waals surface area (Å²) in [5, 5.41) is 9.17. The van der Waals surface area contributed by atoms with Crippen molar-refractivity contribution in [3.8, 4) is 0 Å². The zero-order valence-electron chi connectivity index (χ0n) is 8.16. The Morgan fingerprint density at radius 1 is 1.31 bits per heavy atom. The van der Waals surface area contributed by atoms with Crippen LogP contribution in [-0.4, -0.2) is 23.7 Å². The number of thioether (sulfide) groups is 1. The monoisotopic (exact) mass is 196 g/mol. The van der Waals surface area contributed by atoms with Crippen LogP contribution in [0.3, 0.4) is 0 Å². The second-order valence-electron chi connectivity index (χ2n) is 3.25. The number of aryl methyl sites for hydroxylation is 1. The van der Waals surface area contributed by atoms with Crippen molar-refractivity contribution in [2.75, 3.05) is 18.6 Å². The molecule has 2 heteroatoms. The fourth-order valence-electron chi connectivity index (χ4n) is 1.29. The zero-order chi connectivity index (χ0) is 9.68. The summed E-state index contributed by atoms with van der Waals surface area (Å²) in [6.45, 7) is 2.32. The molecular weight excluding hydrogens is 180 g/mol. The maximum absolute atomic E-state index is 9.17. The van der Waals surface area contributed by atoms with E-state index in [0.29, 0.717) is 0 Å². The second-order valence-corrected chi connectivity index (χ2v) is 4.16. The Morgan fingerprint density at radius 3 is 2.38 bits per heavy atom. The molecule has 0 aromatic heterocycles. The maximum atomic E-state index is 9.17. The number of benzene rings is 1. The van der Waals surface area contributed by atoms with E-state index in [1.54, 1.807) is 11.8 Å². The van der Waals surface area contributed by atoms with Crippen LogP contribution in [0.5, 0.6) is 0 Å². The molecule has 13 heavy (non-hydrogen) atoms. The molecule has 0 spiro atoms. The molecule has 0 fully saturated rings. The van der Waals surface area contributed by atoms with Gasteiger partial charge in [0.15, 0.2) is 0 Å². The minimum Gasteiger partial charge on any atom is -0.396 e. The summed E-state index contributed by atoms with van der Waals surface area (Å²) in [5.41, 5.74) is 2.51. The predicted octanol–water partition coefficient (Wildman–Crippen LogP) is 2.43. The predicted molar refractivity (Wildman–Crippen MR) is 59.4 cm³/mol. The van der Waals surface area contributed by atoms with E-state index >= 15 is 0 Å². The molecule has 1 N–H and O–H groups in total. The summed E-state index contributed by atoms with van der Waals surface area (Å²) in [6.07, 6.45) is 2.07. The SMILES string of the molecule is CSCC(CO)c1ccc(C)cc1. The molecule has 0 saturated carbocycles. The summed E-state index contributed by atoms with van der Waals surface area (Å²) in [5.74, 6) is 1.27. The van der Waals surface area contributed by atoms with Gasteiger partial charge in [0.25, 0.3) is 0 Å². The van der Waals surface area contributed by atoms with E-state index in [1.165, 1.54) is 11.1 Å². The van der Waals surface area contributed by atoms with Crippen molar-refractivity contribution in [1.82, 2.24) is 0 Å². The Hall–Kier alpha value is -0.470. The van der Waals surface area contributed by atoms with Gasteiger partial charge in [-0.05, 0) is 18.7 Å². The van der Waals surface area contributed by atoms with Gasteiger partial charge in [-0.15, -0.1) is 0 Å². The molecule has 72 valence electrons. The van der Waals surface area contributed by atoms with Crippen LogP contribution in [0.4, 0.5) is 0 Å². The average molecular weight is 196 g/mol. The van der Waals surface area contributed by atoms with Crippen molar-refractivity contribution in [3.63, 3.8) is 0 Å². The molecule has 0 aliphatic carbocycles. The number of hydrogen-bond acceptors (Lipinski definition) is 2. The first-order chi connectivity index (χ1) is 6.27. The van der Waals surface area contributed by atoms with E-state index in [0.717, 1.165) is 5.75 Å². The van der Waals surface area contributed by atoms with E-state index in [1.807, 2.05) is 0 Å². The molecule has 0 radical (unpaired) electrons. The van der Waals surface area contributed by atoms with Gasteiger partial charge in [-0.1, -0.05) is 29.8 Å². The average Bonchev–Trinajstić information content (AvgIpc) is 2.16. The van der Waals surface area contributed by atoms with Crippen LogP contribution in [0.25, 0.3) is 0 Å². The fourth-order valence-corrected chi connectivity index (χ4v) is 1.99. The Bertz CT molecular complexity index is 243. The van der Waals surface area contributed by atoms with Crippen molar-refractivity contribution in [1.29, 1.82) is 0 Å². The van der Waals surface area contributed by atoms with E-state index < -0.39 is 0 Å². The van der Waals surface area contributed by atoms with Gasteiger partial charge in [0, 0.05) is 11.7 Å². The quantitative estimate of drug-likeness (QED) is 0.798. The highest BCUT2D eigenvalue weighted by atomic mass is 32.2. The molecule has 1 rings (SSSR count). The largest absolute Gasteiger partial charge is 0.396 e. The number of aliphatic hydroxyl groups is 1. The molecule has 0 amide bonds. The van der Waals surface area contributed by atoms with Crippen molar-refractivity contribution in [2.45, 2.75) is 12.8 Å². The van der Waals surface area contributed by atoms with E-state index in [2.05, 4.69) is 37.4 Å². The lowest BCUT2D eigenvalue weighted by molar-refractivity contribution is 0.275. The Morgan fingerprint density at radius 2 is 1.92 bits per heavy atom. The van der Waals surface area contributed by atoms with Gasteiger partial charge < -0.3 is 5.11 Å². The Kier molecular flexibility index (Phi) is 4.33. The molecule has 1 atom stereocenters. The zero-order valence-corrected chi connectivity index (χ0v) is 8.97. The van der Waals surface area contributed by atoms with E-state index in [9.17, 15) is 0 Å². The minimum atomic E-state index is 0.240. The van der Waals surface area contributed by atoms with Crippen LogP contribution in [0.15, 0.2) is 24.3 Å². The maximum Gasteiger partial charge on any atom is 0.0507 e. The lowest BCUT2D eigenvalue weighted by Crippen LogP contribution is -2.06. The van der Waals surface area contributed by atoms with Gasteiger partial charge in [0.2, 0.25) is 0 Å². The molecule has 0 aliphatic heterocycles. The number of rotatable bonds is 4. The normalized spacial score (nSPS) is 12.8. The summed E-state index contributed by atoms with van der Waals surface area (Å²) >= 11 is 1.77. The third-order valence-corrected chi connectivity index (χ3v) is 2.87. The summed E-state index contributed by atoms with van der Waals surface area (Å²) in [4.78, 5) is 0. The first-order valence-corrected chi connectivity index (χ1v) is 5.83.